The van der Waals surface area contributed by atoms with E-state index in [4.69, 9.17) is 19.5 Å². The third-order valence-corrected chi connectivity index (χ3v) is 4.01. The molecule has 0 amide bonds. The summed E-state index contributed by atoms with van der Waals surface area (Å²) in [5.74, 6) is 2.25. The summed E-state index contributed by atoms with van der Waals surface area (Å²) in [5, 5.41) is 8.61. The van der Waals surface area contributed by atoms with Gasteiger partial charge in [0.25, 0.3) is 0 Å². The zero-order valence-corrected chi connectivity index (χ0v) is 16.5. The predicted octanol–water partition coefficient (Wildman–Crippen LogP) is 4.92. The van der Waals surface area contributed by atoms with Crippen LogP contribution in [0.15, 0.2) is 48.5 Å². The van der Waals surface area contributed by atoms with Crippen LogP contribution in [0, 0.1) is 17.2 Å². The number of hydrogen-bond acceptors (Lipinski definition) is 5. The summed E-state index contributed by atoms with van der Waals surface area (Å²) in [4.78, 5) is 12.4. The Morgan fingerprint density at radius 2 is 1.86 bits per heavy atom. The standard InChI is InChI=1S/C23H25NO4/c1-17(2)12-14-27-20-8-6-19(7-9-20)21(25)10-4-18-5-11-22(28-15-13-24)23(16-18)26-3/h4-11,16-17H,12,14-15H2,1-3H3/b10-4+. The molecule has 5 nitrogen and oxygen atoms in total. The highest BCUT2D eigenvalue weighted by Gasteiger charge is 2.06. The fourth-order valence-electron chi connectivity index (χ4n) is 2.41. The summed E-state index contributed by atoms with van der Waals surface area (Å²) in [6.45, 7) is 4.92. The van der Waals surface area contributed by atoms with Gasteiger partial charge in [-0.25, -0.2) is 0 Å². The first-order valence-electron chi connectivity index (χ1n) is 9.16. The minimum Gasteiger partial charge on any atom is -0.494 e. The third kappa shape index (κ3) is 6.48. The molecule has 2 aromatic rings. The maximum atomic E-state index is 12.4. The topological polar surface area (TPSA) is 68.6 Å². The van der Waals surface area contributed by atoms with Gasteiger partial charge in [0.15, 0.2) is 23.9 Å². The van der Waals surface area contributed by atoms with Crippen LogP contribution < -0.4 is 14.2 Å². The molecule has 0 saturated heterocycles. The number of nitriles is 1. The third-order valence-electron chi connectivity index (χ3n) is 4.01. The van der Waals surface area contributed by atoms with Crippen molar-refractivity contribution in [1.29, 1.82) is 5.26 Å². The summed E-state index contributed by atoms with van der Waals surface area (Å²) in [7, 11) is 1.53. The van der Waals surface area contributed by atoms with Gasteiger partial charge < -0.3 is 14.2 Å². The van der Waals surface area contributed by atoms with Crippen molar-refractivity contribution in [2.45, 2.75) is 20.3 Å². The zero-order chi connectivity index (χ0) is 20.4. The molecule has 0 aliphatic rings. The van der Waals surface area contributed by atoms with Gasteiger partial charge in [-0.05, 0) is 60.4 Å². The molecule has 0 aliphatic heterocycles. The van der Waals surface area contributed by atoms with Crippen molar-refractivity contribution in [3.05, 3.63) is 59.7 Å². The molecule has 0 heterocycles. The number of carbonyl (C=O) groups is 1. The Hall–Kier alpha value is -3.26. The summed E-state index contributed by atoms with van der Waals surface area (Å²) in [6, 6.07) is 14.3. The van der Waals surface area contributed by atoms with Gasteiger partial charge in [0.2, 0.25) is 0 Å². The first-order chi connectivity index (χ1) is 13.5. The van der Waals surface area contributed by atoms with E-state index in [1.807, 2.05) is 18.2 Å². The number of ketones is 1. The number of methoxy groups -OCH3 is 1. The highest BCUT2D eigenvalue weighted by molar-refractivity contribution is 6.06. The average Bonchev–Trinajstić information content (AvgIpc) is 2.71. The molecular formula is C23H25NO4. The minimum absolute atomic E-state index is 0.0544. The lowest BCUT2D eigenvalue weighted by Crippen LogP contribution is -2.01. The number of rotatable bonds is 10. The van der Waals surface area contributed by atoms with Crippen molar-refractivity contribution >= 4 is 11.9 Å². The van der Waals surface area contributed by atoms with Crippen molar-refractivity contribution in [3.8, 4) is 23.3 Å². The molecule has 0 aromatic heterocycles. The number of nitrogens with zero attached hydrogens (tertiary/aromatic N) is 1. The van der Waals surface area contributed by atoms with Crippen LogP contribution in [-0.4, -0.2) is 26.1 Å². The van der Waals surface area contributed by atoms with Gasteiger partial charge >= 0.3 is 0 Å². The van der Waals surface area contributed by atoms with Crippen LogP contribution in [0.25, 0.3) is 6.08 Å². The monoisotopic (exact) mass is 379 g/mol. The van der Waals surface area contributed by atoms with Crippen molar-refractivity contribution in [2.75, 3.05) is 20.3 Å². The molecule has 0 spiro atoms. The Kier molecular flexibility index (Phi) is 8.11. The summed E-state index contributed by atoms with van der Waals surface area (Å²) >= 11 is 0. The summed E-state index contributed by atoms with van der Waals surface area (Å²) in [6.07, 6.45) is 4.22. The van der Waals surface area contributed by atoms with Gasteiger partial charge in [0, 0.05) is 5.56 Å². The Morgan fingerprint density at radius 3 is 2.50 bits per heavy atom. The molecular weight excluding hydrogens is 354 g/mol. The van der Waals surface area contributed by atoms with E-state index < -0.39 is 0 Å². The van der Waals surface area contributed by atoms with E-state index >= 15 is 0 Å². The Bertz CT molecular complexity index is 848. The average molecular weight is 379 g/mol. The second kappa shape index (κ2) is 10.8. The van der Waals surface area contributed by atoms with Crippen LogP contribution >= 0.6 is 0 Å². The van der Waals surface area contributed by atoms with Crippen molar-refractivity contribution in [1.82, 2.24) is 0 Å². The van der Waals surface area contributed by atoms with Crippen LogP contribution in [0.5, 0.6) is 17.2 Å². The Balaban J connectivity index is 2.00. The predicted molar refractivity (Wildman–Crippen MR) is 109 cm³/mol. The molecule has 0 bridgehead atoms. The first kappa shape index (κ1) is 21.0. The van der Waals surface area contributed by atoms with Crippen molar-refractivity contribution in [3.63, 3.8) is 0 Å². The summed E-state index contributed by atoms with van der Waals surface area (Å²) < 4.78 is 16.2. The van der Waals surface area contributed by atoms with Crippen LogP contribution in [0.2, 0.25) is 0 Å². The smallest absolute Gasteiger partial charge is 0.185 e. The van der Waals surface area contributed by atoms with E-state index in [-0.39, 0.29) is 12.4 Å². The molecule has 2 rings (SSSR count). The van der Waals surface area contributed by atoms with Gasteiger partial charge in [-0.15, -0.1) is 0 Å². The van der Waals surface area contributed by atoms with Crippen molar-refractivity contribution in [2.24, 2.45) is 5.92 Å². The fraction of sp³-hybridized carbons (Fsp3) is 0.304. The van der Waals surface area contributed by atoms with Crippen LogP contribution in [0.1, 0.15) is 36.2 Å². The van der Waals surface area contributed by atoms with E-state index in [2.05, 4.69) is 13.8 Å². The van der Waals surface area contributed by atoms with E-state index in [0.29, 0.717) is 29.6 Å². The number of hydrogen-bond donors (Lipinski definition) is 0. The molecule has 5 heteroatoms. The molecule has 0 atom stereocenters. The van der Waals surface area contributed by atoms with Crippen LogP contribution in [-0.2, 0) is 0 Å². The summed E-state index contributed by atoms with van der Waals surface area (Å²) in [5.41, 5.74) is 1.39. The molecule has 0 unspecified atom stereocenters. The zero-order valence-electron chi connectivity index (χ0n) is 16.5. The number of ether oxygens (including phenoxy) is 3. The van der Waals surface area contributed by atoms with Gasteiger partial charge in [-0.1, -0.05) is 26.0 Å². The maximum absolute atomic E-state index is 12.4. The number of carbonyl (C=O) groups excluding carboxylic acids is 1. The van der Waals surface area contributed by atoms with Gasteiger partial charge in [-0.2, -0.15) is 5.26 Å². The second-order valence-corrected chi connectivity index (χ2v) is 6.61. The van der Waals surface area contributed by atoms with E-state index in [9.17, 15) is 4.79 Å². The minimum atomic E-state index is -0.0995. The Morgan fingerprint density at radius 1 is 1.11 bits per heavy atom. The normalized spacial score (nSPS) is 10.7. The van der Waals surface area contributed by atoms with E-state index in [1.165, 1.54) is 13.2 Å². The highest BCUT2D eigenvalue weighted by atomic mass is 16.5. The van der Waals surface area contributed by atoms with Crippen LogP contribution in [0.3, 0.4) is 0 Å². The lowest BCUT2D eigenvalue weighted by atomic mass is 10.1. The highest BCUT2D eigenvalue weighted by Crippen LogP contribution is 2.28. The molecule has 0 fully saturated rings. The van der Waals surface area contributed by atoms with Gasteiger partial charge in [0.05, 0.1) is 13.7 Å². The Labute approximate surface area is 166 Å². The molecule has 0 radical (unpaired) electrons. The quantitative estimate of drug-likeness (QED) is 0.433. The van der Waals surface area contributed by atoms with E-state index in [1.54, 1.807) is 36.4 Å². The molecule has 28 heavy (non-hydrogen) atoms. The fourth-order valence-corrected chi connectivity index (χ4v) is 2.41. The first-order valence-corrected chi connectivity index (χ1v) is 9.16. The lowest BCUT2D eigenvalue weighted by molar-refractivity contribution is 0.104. The number of allylic oxidation sites excluding steroid dienone is 1. The molecule has 0 N–H and O–H groups in total. The largest absolute Gasteiger partial charge is 0.494 e. The lowest BCUT2D eigenvalue weighted by Gasteiger charge is -2.09. The van der Waals surface area contributed by atoms with Crippen LogP contribution in [0.4, 0.5) is 0 Å². The van der Waals surface area contributed by atoms with Gasteiger partial charge in [0.1, 0.15) is 11.8 Å². The molecule has 0 aliphatic carbocycles. The maximum Gasteiger partial charge on any atom is 0.185 e. The number of benzene rings is 2. The molecule has 2 aromatic carbocycles. The molecule has 146 valence electrons. The van der Waals surface area contributed by atoms with Gasteiger partial charge in [-0.3, -0.25) is 4.79 Å². The second-order valence-electron chi connectivity index (χ2n) is 6.61. The molecule has 0 saturated carbocycles. The van der Waals surface area contributed by atoms with E-state index in [0.717, 1.165) is 17.7 Å². The van der Waals surface area contributed by atoms with Crippen molar-refractivity contribution < 1.29 is 19.0 Å². The SMILES string of the molecule is COc1cc(/C=C/C(=O)c2ccc(OCCC(C)C)cc2)ccc1OCC#N.